The van der Waals surface area contributed by atoms with Gasteiger partial charge >= 0.3 is 6.09 Å². The van der Waals surface area contributed by atoms with Gasteiger partial charge in [0.1, 0.15) is 24.6 Å². The molecule has 0 fully saturated rings. The summed E-state index contributed by atoms with van der Waals surface area (Å²) in [6.45, 7) is 9.97. The third kappa shape index (κ3) is 4.66. The normalized spacial score (nSPS) is 16.4. The first-order valence-corrected chi connectivity index (χ1v) is 10.3. The molecule has 0 unspecified atom stereocenters. The van der Waals surface area contributed by atoms with Crippen molar-refractivity contribution in [1.29, 1.82) is 0 Å². The van der Waals surface area contributed by atoms with Crippen molar-refractivity contribution in [2.24, 2.45) is 0 Å². The Morgan fingerprint density at radius 3 is 2.55 bits per heavy atom. The Morgan fingerprint density at radius 2 is 1.90 bits per heavy atom. The summed E-state index contributed by atoms with van der Waals surface area (Å²) in [6, 6.07) is 2.05. The van der Waals surface area contributed by atoms with Crippen LogP contribution in [-0.4, -0.2) is 62.5 Å². The topological polar surface area (TPSA) is 68.3 Å². The molecule has 160 valence electrons. The summed E-state index contributed by atoms with van der Waals surface area (Å²) in [5, 5.41) is 0. The molecule has 2 aliphatic rings. The molecule has 1 aromatic rings. The SMILES string of the molecule is CCc1c2c(cc3c1N(C(=O)COC)CCO3)CCN(C(=O)OC(C)(C)C)CC2. The van der Waals surface area contributed by atoms with Gasteiger partial charge in [-0.05, 0) is 62.8 Å². The first kappa shape index (κ1) is 21.4. The van der Waals surface area contributed by atoms with Crippen molar-refractivity contribution in [2.45, 2.75) is 52.6 Å². The predicted molar refractivity (Wildman–Crippen MR) is 111 cm³/mol. The summed E-state index contributed by atoms with van der Waals surface area (Å²) in [5.41, 5.74) is 3.89. The van der Waals surface area contributed by atoms with Gasteiger partial charge in [0.15, 0.2) is 0 Å². The van der Waals surface area contributed by atoms with Crippen molar-refractivity contribution in [3.63, 3.8) is 0 Å². The minimum Gasteiger partial charge on any atom is -0.490 e. The number of ether oxygens (including phenoxy) is 3. The Morgan fingerprint density at radius 1 is 1.17 bits per heavy atom. The van der Waals surface area contributed by atoms with Crippen LogP contribution in [0, 0.1) is 0 Å². The van der Waals surface area contributed by atoms with Crippen molar-refractivity contribution < 1.29 is 23.8 Å². The third-order valence-corrected chi connectivity index (χ3v) is 5.28. The van der Waals surface area contributed by atoms with E-state index in [1.165, 1.54) is 18.2 Å². The van der Waals surface area contributed by atoms with E-state index in [-0.39, 0.29) is 18.6 Å². The zero-order valence-corrected chi connectivity index (χ0v) is 18.2. The monoisotopic (exact) mass is 404 g/mol. The van der Waals surface area contributed by atoms with Crippen LogP contribution in [0.1, 0.15) is 44.4 Å². The predicted octanol–water partition coefficient (Wildman–Crippen LogP) is 2.96. The van der Waals surface area contributed by atoms with E-state index in [2.05, 4.69) is 13.0 Å². The maximum Gasteiger partial charge on any atom is 0.410 e. The molecule has 7 heteroatoms. The van der Waals surface area contributed by atoms with Crippen molar-refractivity contribution in [1.82, 2.24) is 4.90 Å². The summed E-state index contributed by atoms with van der Waals surface area (Å²) in [7, 11) is 1.53. The van der Waals surface area contributed by atoms with Gasteiger partial charge in [0.05, 0.1) is 12.2 Å². The number of amides is 2. The lowest BCUT2D eigenvalue weighted by atomic mass is 9.92. The van der Waals surface area contributed by atoms with Gasteiger partial charge in [0, 0.05) is 20.2 Å². The maximum atomic E-state index is 12.6. The zero-order valence-electron chi connectivity index (χ0n) is 18.2. The summed E-state index contributed by atoms with van der Waals surface area (Å²) in [4.78, 5) is 28.7. The van der Waals surface area contributed by atoms with Gasteiger partial charge in [-0.3, -0.25) is 4.79 Å². The van der Waals surface area contributed by atoms with E-state index in [0.29, 0.717) is 26.2 Å². The minimum atomic E-state index is -0.514. The lowest BCUT2D eigenvalue weighted by Crippen LogP contribution is -2.41. The van der Waals surface area contributed by atoms with Gasteiger partial charge in [-0.2, -0.15) is 0 Å². The van der Waals surface area contributed by atoms with E-state index in [4.69, 9.17) is 14.2 Å². The second-order valence-corrected chi connectivity index (χ2v) is 8.49. The van der Waals surface area contributed by atoms with Crippen LogP contribution in [0.4, 0.5) is 10.5 Å². The van der Waals surface area contributed by atoms with Crippen LogP contribution in [-0.2, 0) is 33.5 Å². The van der Waals surface area contributed by atoms with E-state index >= 15 is 0 Å². The number of carbonyl (C=O) groups excluding carboxylic acids is 2. The fourth-order valence-electron chi connectivity index (χ4n) is 4.05. The molecule has 1 aromatic carbocycles. The Balaban J connectivity index is 1.92. The summed E-state index contributed by atoms with van der Waals surface area (Å²) < 4.78 is 16.6. The minimum absolute atomic E-state index is 0.0477. The Kier molecular flexibility index (Phi) is 6.36. The highest BCUT2D eigenvalue weighted by atomic mass is 16.6. The molecule has 0 saturated heterocycles. The lowest BCUT2D eigenvalue weighted by Gasteiger charge is -2.33. The number of benzene rings is 1. The summed E-state index contributed by atoms with van der Waals surface area (Å²) in [6.07, 6.45) is 1.99. The number of fused-ring (bicyclic) bond motifs is 2. The molecule has 0 radical (unpaired) electrons. The molecule has 7 nitrogen and oxygen atoms in total. The van der Waals surface area contributed by atoms with Crippen molar-refractivity contribution in [2.75, 3.05) is 44.9 Å². The largest absolute Gasteiger partial charge is 0.490 e. The Labute approximate surface area is 172 Å². The number of carbonyl (C=O) groups is 2. The van der Waals surface area contributed by atoms with E-state index in [9.17, 15) is 9.59 Å². The molecule has 0 aliphatic carbocycles. The molecule has 29 heavy (non-hydrogen) atoms. The number of anilines is 1. The number of methoxy groups -OCH3 is 1. The van der Waals surface area contributed by atoms with E-state index in [0.717, 1.165) is 36.3 Å². The van der Waals surface area contributed by atoms with Gasteiger partial charge in [-0.15, -0.1) is 0 Å². The molecule has 2 aliphatic heterocycles. The highest BCUT2D eigenvalue weighted by molar-refractivity contribution is 5.97. The quantitative estimate of drug-likeness (QED) is 0.775. The molecule has 0 atom stereocenters. The van der Waals surface area contributed by atoms with Crippen LogP contribution in [0.25, 0.3) is 0 Å². The summed E-state index contributed by atoms with van der Waals surface area (Å²) >= 11 is 0. The van der Waals surface area contributed by atoms with Crippen LogP contribution in [0.3, 0.4) is 0 Å². The van der Waals surface area contributed by atoms with Gasteiger partial charge in [-0.25, -0.2) is 4.79 Å². The number of hydrogen-bond donors (Lipinski definition) is 0. The van der Waals surface area contributed by atoms with Gasteiger partial charge < -0.3 is 24.0 Å². The average Bonchev–Trinajstić information content (AvgIpc) is 2.87. The smallest absolute Gasteiger partial charge is 0.410 e. The third-order valence-electron chi connectivity index (χ3n) is 5.28. The summed E-state index contributed by atoms with van der Waals surface area (Å²) in [5.74, 6) is 0.692. The van der Waals surface area contributed by atoms with Crippen molar-refractivity contribution in [3.8, 4) is 5.75 Å². The number of rotatable bonds is 3. The van der Waals surface area contributed by atoms with E-state index in [1.54, 1.807) is 9.80 Å². The van der Waals surface area contributed by atoms with Crippen LogP contribution < -0.4 is 9.64 Å². The molecular formula is C22H32N2O5. The average molecular weight is 405 g/mol. The van der Waals surface area contributed by atoms with E-state index in [1.807, 2.05) is 20.8 Å². The van der Waals surface area contributed by atoms with Crippen LogP contribution in [0.15, 0.2) is 6.07 Å². The standard InChI is InChI=1S/C22H32N2O5/c1-6-16-17-8-10-23(21(26)29-22(2,3)4)9-7-15(17)13-18-20(16)24(11-12-28-18)19(25)14-27-5/h13H,6-12,14H2,1-5H3. The van der Waals surface area contributed by atoms with E-state index < -0.39 is 5.60 Å². The second kappa shape index (κ2) is 8.61. The number of hydrogen-bond acceptors (Lipinski definition) is 5. The molecule has 2 amide bonds. The zero-order chi connectivity index (χ0) is 21.2. The van der Waals surface area contributed by atoms with Crippen molar-refractivity contribution in [3.05, 3.63) is 22.8 Å². The van der Waals surface area contributed by atoms with Gasteiger partial charge in [-0.1, -0.05) is 6.92 Å². The molecule has 0 aromatic heterocycles. The molecule has 0 saturated carbocycles. The molecule has 0 spiro atoms. The van der Waals surface area contributed by atoms with Crippen LogP contribution >= 0.6 is 0 Å². The fraction of sp³-hybridized carbons (Fsp3) is 0.636. The number of nitrogens with zero attached hydrogens (tertiary/aromatic N) is 2. The molecule has 0 N–H and O–H groups in total. The van der Waals surface area contributed by atoms with Crippen LogP contribution in [0.2, 0.25) is 0 Å². The molecule has 2 heterocycles. The van der Waals surface area contributed by atoms with Gasteiger partial charge in [0.25, 0.3) is 5.91 Å². The highest BCUT2D eigenvalue weighted by Crippen LogP contribution is 2.40. The van der Waals surface area contributed by atoms with Crippen molar-refractivity contribution >= 4 is 17.7 Å². The lowest BCUT2D eigenvalue weighted by molar-refractivity contribution is -0.122. The Bertz CT molecular complexity index is 784. The van der Waals surface area contributed by atoms with Crippen LogP contribution in [0.5, 0.6) is 5.75 Å². The maximum absolute atomic E-state index is 12.6. The fourth-order valence-corrected chi connectivity index (χ4v) is 4.05. The first-order chi connectivity index (χ1) is 13.7. The molecule has 3 rings (SSSR count). The molecule has 0 bridgehead atoms. The second-order valence-electron chi connectivity index (χ2n) is 8.49. The highest BCUT2D eigenvalue weighted by Gasteiger charge is 2.31. The Hall–Kier alpha value is -2.28. The first-order valence-electron chi connectivity index (χ1n) is 10.3. The molecular weight excluding hydrogens is 372 g/mol. The van der Waals surface area contributed by atoms with Gasteiger partial charge in [0.2, 0.25) is 0 Å².